The Morgan fingerprint density at radius 1 is 1.33 bits per heavy atom. The average molecular weight is 272 g/mol. The largest absolute Gasteiger partial charge is 0.497 e. The van der Waals surface area contributed by atoms with Crippen LogP contribution in [0.5, 0.6) is 5.75 Å². The van der Waals surface area contributed by atoms with Crippen LogP contribution in [0.1, 0.15) is 24.9 Å². The van der Waals surface area contributed by atoms with Crippen molar-refractivity contribution in [1.82, 2.24) is 4.72 Å². The molecule has 3 N–H and O–H groups in total. The van der Waals surface area contributed by atoms with Crippen LogP contribution in [0.15, 0.2) is 24.3 Å². The second kappa shape index (κ2) is 6.72. The van der Waals surface area contributed by atoms with Gasteiger partial charge in [-0.05, 0) is 37.6 Å². The van der Waals surface area contributed by atoms with Crippen molar-refractivity contribution in [2.24, 2.45) is 5.73 Å². The molecule has 1 aromatic rings. The molecular formula is C12H20N2O3S. The Morgan fingerprint density at radius 2 is 1.94 bits per heavy atom. The van der Waals surface area contributed by atoms with Gasteiger partial charge in [-0.25, -0.2) is 13.1 Å². The SMILES string of the molecule is COc1ccc(C(C)NS(=O)(=O)CCCN)cc1. The van der Waals surface area contributed by atoms with Crippen LogP contribution < -0.4 is 15.2 Å². The van der Waals surface area contributed by atoms with Crippen LogP contribution in [0.3, 0.4) is 0 Å². The van der Waals surface area contributed by atoms with Crippen molar-refractivity contribution in [1.29, 1.82) is 0 Å². The highest BCUT2D eigenvalue weighted by atomic mass is 32.2. The lowest BCUT2D eigenvalue weighted by Gasteiger charge is -2.14. The number of nitrogens with two attached hydrogens (primary N) is 1. The third-order valence-corrected chi connectivity index (χ3v) is 4.13. The molecule has 5 nitrogen and oxygen atoms in total. The molecule has 0 amide bonds. The summed E-state index contributed by atoms with van der Waals surface area (Å²) in [5.41, 5.74) is 6.20. The third kappa shape index (κ3) is 4.64. The molecule has 0 aliphatic heterocycles. The van der Waals surface area contributed by atoms with Crippen LogP contribution >= 0.6 is 0 Å². The van der Waals surface area contributed by atoms with Gasteiger partial charge in [0, 0.05) is 6.04 Å². The van der Waals surface area contributed by atoms with Gasteiger partial charge in [-0.15, -0.1) is 0 Å². The molecule has 18 heavy (non-hydrogen) atoms. The molecule has 1 aromatic carbocycles. The second-order valence-electron chi connectivity index (χ2n) is 4.07. The van der Waals surface area contributed by atoms with Gasteiger partial charge in [-0.1, -0.05) is 12.1 Å². The highest BCUT2D eigenvalue weighted by molar-refractivity contribution is 7.89. The van der Waals surface area contributed by atoms with Crippen LogP contribution in [-0.4, -0.2) is 27.8 Å². The summed E-state index contributed by atoms with van der Waals surface area (Å²) in [5, 5.41) is 0. The van der Waals surface area contributed by atoms with Crippen LogP contribution in [0, 0.1) is 0 Å². The first kappa shape index (κ1) is 14.9. The smallest absolute Gasteiger partial charge is 0.212 e. The number of benzene rings is 1. The van der Waals surface area contributed by atoms with E-state index in [1.165, 1.54) is 0 Å². The minimum absolute atomic E-state index is 0.0595. The van der Waals surface area contributed by atoms with E-state index in [4.69, 9.17) is 10.5 Å². The van der Waals surface area contributed by atoms with E-state index in [0.717, 1.165) is 11.3 Å². The van der Waals surface area contributed by atoms with Crippen molar-refractivity contribution in [2.45, 2.75) is 19.4 Å². The monoisotopic (exact) mass is 272 g/mol. The lowest BCUT2D eigenvalue weighted by Crippen LogP contribution is -2.29. The van der Waals surface area contributed by atoms with E-state index in [2.05, 4.69) is 4.72 Å². The highest BCUT2D eigenvalue weighted by Gasteiger charge is 2.15. The van der Waals surface area contributed by atoms with E-state index in [1.54, 1.807) is 19.2 Å². The molecule has 0 heterocycles. The second-order valence-corrected chi connectivity index (χ2v) is 5.95. The van der Waals surface area contributed by atoms with E-state index in [1.807, 2.05) is 19.1 Å². The van der Waals surface area contributed by atoms with Gasteiger partial charge < -0.3 is 10.5 Å². The van der Waals surface area contributed by atoms with Crippen LogP contribution in [0.25, 0.3) is 0 Å². The van der Waals surface area contributed by atoms with E-state index in [9.17, 15) is 8.42 Å². The quantitative estimate of drug-likeness (QED) is 0.776. The molecule has 1 rings (SSSR count). The molecule has 0 radical (unpaired) electrons. The van der Waals surface area contributed by atoms with Gasteiger partial charge in [0.15, 0.2) is 0 Å². The topological polar surface area (TPSA) is 81.4 Å². The van der Waals surface area contributed by atoms with E-state index in [0.29, 0.717) is 13.0 Å². The molecule has 1 atom stereocenters. The summed E-state index contributed by atoms with van der Waals surface area (Å²) in [4.78, 5) is 0. The summed E-state index contributed by atoms with van der Waals surface area (Å²) in [6.45, 7) is 2.18. The predicted octanol–water partition coefficient (Wildman–Crippen LogP) is 1.02. The fraction of sp³-hybridized carbons (Fsp3) is 0.500. The maximum atomic E-state index is 11.7. The molecule has 0 spiro atoms. The number of nitrogens with one attached hydrogen (secondary N) is 1. The number of ether oxygens (including phenoxy) is 1. The molecule has 0 aliphatic carbocycles. The fourth-order valence-corrected chi connectivity index (χ4v) is 2.90. The van der Waals surface area contributed by atoms with Gasteiger partial charge in [-0.3, -0.25) is 0 Å². The first-order valence-electron chi connectivity index (χ1n) is 5.82. The first-order valence-corrected chi connectivity index (χ1v) is 7.48. The molecule has 0 saturated carbocycles. The van der Waals surface area contributed by atoms with Crippen molar-refractivity contribution < 1.29 is 13.2 Å². The zero-order valence-corrected chi connectivity index (χ0v) is 11.5. The Kier molecular flexibility index (Phi) is 5.58. The average Bonchev–Trinajstić information content (AvgIpc) is 2.36. The lowest BCUT2D eigenvalue weighted by atomic mass is 10.1. The van der Waals surface area contributed by atoms with Gasteiger partial charge in [0.25, 0.3) is 0 Å². The van der Waals surface area contributed by atoms with Gasteiger partial charge in [0.1, 0.15) is 5.75 Å². The third-order valence-electron chi connectivity index (χ3n) is 2.59. The summed E-state index contributed by atoms with van der Waals surface area (Å²) in [7, 11) is -1.68. The molecule has 6 heteroatoms. The van der Waals surface area contributed by atoms with E-state index < -0.39 is 10.0 Å². The lowest BCUT2D eigenvalue weighted by molar-refractivity contribution is 0.414. The fourth-order valence-electron chi connectivity index (χ4n) is 1.56. The zero-order chi connectivity index (χ0) is 13.6. The highest BCUT2D eigenvalue weighted by Crippen LogP contribution is 2.17. The standard InChI is InChI=1S/C12H20N2O3S/c1-10(14-18(15,16)9-3-8-13)11-4-6-12(17-2)7-5-11/h4-7,10,14H,3,8-9,13H2,1-2H3. The molecular weight excluding hydrogens is 252 g/mol. The van der Waals surface area contributed by atoms with Crippen LogP contribution in [0.2, 0.25) is 0 Å². The number of hydrogen-bond acceptors (Lipinski definition) is 4. The number of rotatable bonds is 7. The maximum absolute atomic E-state index is 11.7. The maximum Gasteiger partial charge on any atom is 0.212 e. The molecule has 1 unspecified atom stereocenters. The van der Waals surface area contributed by atoms with Gasteiger partial charge in [0.2, 0.25) is 10.0 Å². The summed E-state index contributed by atoms with van der Waals surface area (Å²) in [6.07, 6.45) is 0.463. The molecule has 0 saturated heterocycles. The summed E-state index contributed by atoms with van der Waals surface area (Å²) < 4.78 is 31.1. The van der Waals surface area contributed by atoms with E-state index in [-0.39, 0.29) is 11.8 Å². The van der Waals surface area contributed by atoms with Crippen LogP contribution in [0.4, 0.5) is 0 Å². The first-order chi connectivity index (χ1) is 8.48. The van der Waals surface area contributed by atoms with Gasteiger partial charge in [-0.2, -0.15) is 0 Å². The molecule has 0 bridgehead atoms. The van der Waals surface area contributed by atoms with Crippen molar-refractivity contribution in [3.63, 3.8) is 0 Å². The van der Waals surface area contributed by atoms with Crippen LogP contribution in [-0.2, 0) is 10.0 Å². The minimum atomic E-state index is -3.27. The Balaban J connectivity index is 2.66. The molecule has 0 fully saturated rings. The number of sulfonamides is 1. The minimum Gasteiger partial charge on any atom is -0.497 e. The summed E-state index contributed by atoms with van der Waals surface area (Å²) in [5.74, 6) is 0.807. The molecule has 102 valence electrons. The van der Waals surface area contributed by atoms with Crippen molar-refractivity contribution in [2.75, 3.05) is 19.4 Å². The van der Waals surface area contributed by atoms with Crippen molar-refractivity contribution in [3.8, 4) is 5.75 Å². The Bertz CT molecular complexity index is 457. The van der Waals surface area contributed by atoms with Gasteiger partial charge >= 0.3 is 0 Å². The zero-order valence-electron chi connectivity index (χ0n) is 10.7. The predicted molar refractivity (Wildman–Crippen MR) is 72.0 cm³/mol. The summed E-state index contributed by atoms with van der Waals surface area (Å²) >= 11 is 0. The number of hydrogen-bond donors (Lipinski definition) is 2. The van der Waals surface area contributed by atoms with Gasteiger partial charge in [0.05, 0.1) is 12.9 Å². The molecule has 0 aliphatic rings. The van der Waals surface area contributed by atoms with Crippen molar-refractivity contribution in [3.05, 3.63) is 29.8 Å². The van der Waals surface area contributed by atoms with Crippen molar-refractivity contribution >= 4 is 10.0 Å². The summed E-state index contributed by atoms with van der Waals surface area (Å²) in [6, 6.07) is 7.03. The van der Waals surface area contributed by atoms with E-state index >= 15 is 0 Å². The Labute approximate surface area is 108 Å². The Morgan fingerprint density at radius 3 is 2.44 bits per heavy atom. The molecule has 0 aromatic heterocycles. The number of methoxy groups -OCH3 is 1. The normalized spacial score (nSPS) is 13.3. The Hall–Kier alpha value is -1.11.